The van der Waals surface area contributed by atoms with E-state index >= 15 is 0 Å². The lowest BCUT2D eigenvalue weighted by molar-refractivity contribution is -0.152. The summed E-state index contributed by atoms with van der Waals surface area (Å²) in [6, 6.07) is 3.61. The van der Waals surface area contributed by atoms with Crippen LogP contribution in [0.25, 0.3) is 0 Å². The van der Waals surface area contributed by atoms with Gasteiger partial charge in [0.05, 0.1) is 19.4 Å². The van der Waals surface area contributed by atoms with E-state index in [1.165, 1.54) is 12.1 Å². The second-order valence-electron chi connectivity index (χ2n) is 11.7. The fourth-order valence-corrected chi connectivity index (χ4v) is 3.10. The SMILES string of the molecule is CCCOC(=O)OC[C@H](C)OC(=O)[C@@H](N)Cc1ccc(OC(=O)CC(C)(C)C)c(OC(=O)CC(C)(C)C)c1. The minimum atomic E-state index is -1.04. The zero-order chi connectivity index (χ0) is 29.1. The molecule has 0 spiro atoms. The third-order valence-corrected chi connectivity index (χ3v) is 4.74. The van der Waals surface area contributed by atoms with Crippen LogP contribution >= 0.6 is 0 Å². The van der Waals surface area contributed by atoms with Gasteiger partial charge in [-0.2, -0.15) is 0 Å². The Morgan fingerprint density at radius 3 is 1.95 bits per heavy atom. The van der Waals surface area contributed by atoms with E-state index in [0.717, 1.165) is 0 Å². The quantitative estimate of drug-likeness (QED) is 0.294. The number of hydrogen-bond donors (Lipinski definition) is 1. The van der Waals surface area contributed by atoms with Crippen LogP contribution in [0.3, 0.4) is 0 Å². The van der Waals surface area contributed by atoms with Crippen molar-refractivity contribution in [2.45, 2.75) is 93.2 Å². The number of benzene rings is 1. The first-order valence-corrected chi connectivity index (χ1v) is 12.8. The van der Waals surface area contributed by atoms with Crippen molar-refractivity contribution in [1.82, 2.24) is 0 Å². The highest BCUT2D eigenvalue weighted by molar-refractivity contribution is 5.78. The number of carbonyl (C=O) groups excluding carboxylic acids is 4. The molecular weight excluding hydrogens is 494 g/mol. The summed E-state index contributed by atoms with van der Waals surface area (Å²) in [5.41, 5.74) is 6.01. The van der Waals surface area contributed by atoms with Gasteiger partial charge in [0, 0.05) is 0 Å². The van der Waals surface area contributed by atoms with Gasteiger partial charge in [-0.15, -0.1) is 0 Å². The van der Waals surface area contributed by atoms with Gasteiger partial charge in [-0.1, -0.05) is 54.5 Å². The van der Waals surface area contributed by atoms with Crippen molar-refractivity contribution in [3.8, 4) is 11.5 Å². The van der Waals surface area contributed by atoms with Crippen LogP contribution in [-0.2, 0) is 35.0 Å². The molecule has 0 bridgehead atoms. The zero-order valence-electron chi connectivity index (χ0n) is 23.9. The highest BCUT2D eigenvalue weighted by Gasteiger charge is 2.24. The molecule has 0 fully saturated rings. The molecule has 10 nitrogen and oxygen atoms in total. The molecule has 1 rings (SSSR count). The second kappa shape index (κ2) is 14.7. The smallest absolute Gasteiger partial charge is 0.458 e. The predicted octanol–water partition coefficient (Wildman–Crippen LogP) is 4.73. The predicted molar refractivity (Wildman–Crippen MR) is 141 cm³/mol. The molecule has 0 aliphatic rings. The van der Waals surface area contributed by atoms with Crippen molar-refractivity contribution < 1.29 is 42.9 Å². The standard InChI is InChI=1S/C28H43NO9/c1-9-12-34-26(33)35-17-18(2)36-25(32)20(29)13-19-10-11-21(37-23(30)15-27(3,4)5)22(14-19)38-24(31)16-28(6,7)8/h10-11,14,18,20H,9,12-13,15-17,29H2,1-8H3/t18-,20-/m0/s1. The van der Waals surface area contributed by atoms with Crippen molar-refractivity contribution in [2.75, 3.05) is 13.2 Å². The molecule has 0 saturated heterocycles. The lowest BCUT2D eigenvalue weighted by Crippen LogP contribution is -2.37. The summed E-state index contributed by atoms with van der Waals surface area (Å²) in [5, 5.41) is 0. The molecule has 10 heteroatoms. The molecule has 0 aliphatic carbocycles. The number of hydrogen-bond acceptors (Lipinski definition) is 10. The number of nitrogens with two attached hydrogens (primary N) is 1. The van der Waals surface area contributed by atoms with Crippen LogP contribution in [-0.4, -0.2) is 49.4 Å². The summed E-state index contributed by atoms with van der Waals surface area (Å²) in [5.74, 6) is -1.49. The molecule has 0 amide bonds. The van der Waals surface area contributed by atoms with Gasteiger partial charge in [-0.05, 0) is 48.3 Å². The number of rotatable bonds is 12. The Balaban J connectivity index is 2.92. The third-order valence-electron chi connectivity index (χ3n) is 4.74. The van der Waals surface area contributed by atoms with Gasteiger partial charge < -0.3 is 29.4 Å². The number of ether oxygens (including phenoxy) is 5. The van der Waals surface area contributed by atoms with E-state index in [0.29, 0.717) is 12.0 Å². The van der Waals surface area contributed by atoms with Crippen molar-refractivity contribution in [3.63, 3.8) is 0 Å². The van der Waals surface area contributed by atoms with Crippen LogP contribution in [0.2, 0.25) is 0 Å². The van der Waals surface area contributed by atoms with Crippen molar-refractivity contribution in [2.24, 2.45) is 16.6 Å². The van der Waals surface area contributed by atoms with Crippen molar-refractivity contribution in [1.29, 1.82) is 0 Å². The van der Waals surface area contributed by atoms with Gasteiger partial charge in [-0.3, -0.25) is 14.4 Å². The Kier molecular flexibility index (Phi) is 12.7. The van der Waals surface area contributed by atoms with Crippen molar-refractivity contribution >= 4 is 24.1 Å². The van der Waals surface area contributed by atoms with Crippen LogP contribution in [0.1, 0.15) is 80.2 Å². The highest BCUT2D eigenvalue weighted by atomic mass is 16.7. The molecule has 2 atom stereocenters. The van der Waals surface area contributed by atoms with Gasteiger partial charge in [0.25, 0.3) is 0 Å². The Bertz CT molecular complexity index is 960. The van der Waals surface area contributed by atoms with Gasteiger partial charge in [0.2, 0.25) is 0 Å². The Morgan fingerprint density at radius 1 is 0.868 bits per heavy atom. The summed E-state index contributed by atoms with van der Waals surface area (Å²) in [7, 11) is 0. The van der Waals surface area contributed by atoms with Gasteiger partial charge in [0.15, 0.2) is 11.5 Å². The summed E-state index contributed by atoms with van der Waals surface area (Å²) < 4.78 is 26.0. The summed E-state index contributed by atoms with van der Waals surface area (Å²) in [6.07, 6.45) is -0.544. The maximum Gasteiger partial charge on any atom is 0.508 e. The Labute approximate surface area is 225 Å². The molecule has 0 radical (unpaired) electrons. The van der Waals surface area contributed by atoms with E-state index in [9.17, 15) is 19.2 Å². The molecule has 0 unspecified atom stereocenters. The minimum absolute atomic E-state index is 0.0605. The first-order valence-electron chi connectivity index (χ1n) is 12.8. The van der Waals surface area contributed by atoms with Gasteiger partial charge >= 0.3 is 24.1 Å². The normalized spacial score (nSPS) is 13.2. The average molecular weight is 538 g/mol. The van der Waals surface area contributed by atoms with Gasteiger partial charge in [0.1, 0.15) is 18.8 Å². The average Bonchev–Trinajstić information content (AvgIpc) is 2.75. The Morgan fingerprint density at radius 2 is 1.42 bits per heavy atom. The summed E-state index contributed by atoms with van der Waals surface area (Å²) in [6.45, 7) is 14.9. The molecule has 1 aromatic carbocycles. The maximum absolute atomic E-state index is 12.5. The van der Waals surface area contributed by atoms with Crippen LogP contribution in [0.4, 0.5) is 4.79 Å². The molecule has 0 aliphatic heterocycles. The van der Waals surface area contributed by atoms with Crippen LogP contribution in [0.15, 0.2) is 18.2 Å². The molecule has 2 N–H and O–H groups in total. The molecule has 0 aromatic heterocycles. The molecular formula is C28H43NO9. The topological polar surface area (TPSA) is 140 Å². The molecule has 1 aromatic rings. The largest absolute Gasteiger partial charge is 0.508 e. The summed E-state index contributed by atoms with van der Waals surface area (Å²) in [4.78, 5) is 48.8. The van der Waals surface area contributed by atoms with Crippen molar-refractivity contribution in [3.05, 3.63) is 23.8 Å². The molecule has 0 saturated carbocycles. The molecule has 0 heterocycles. The number of carbonyl (C=O) groups is 4. The van der Waals surface area contributed by atoms with Crippen LogP contribution < -0.4 is 15.2 Å². The van der Waals surface area contributed by atoms with Gasteiger partial charge in [-0.25, -0.2) is 4.79 Å². The fourth-order valence-electron chi connectivity index (χ4n) is 3.10. The first-order chi connectivity index (χ1) is 17.5. The zero-order valence-corrected chi connectivity index (χ0v) is 23.9. The monoisotopic (exact) mass is 537 g/mol. The molecule has 214 valence electrons. The number of esters is 3. The minimum Gasteiger partial charge on any atom is -0.458 e. The third kappa shape index (κ3) is 14.0. The van der Waals surface area contributed by atoms with E-state index in [4.69, 9.17) is 29.4 Å². The highest BCUT2D eigenvalue weighted by Crippen LogP contribution is 2.32. The van der Waals surface area contributed by atoms with E-state index in [-0.39, 0.29) is 54.8 Å². The first kappa shape index (κ1) is 32.9. The summed E-state index contributed by atoms with van der Waals surface area (Å²) >= 11 is 0. The lowest BCUT2D eigenvalue weighted by atomic mass is 9.92. The lowest BCUT2D eigenvalue weighted by Gasteiger charge is -2.20. The van der Waals surface area contributed by atoms with Crippen LogP contribution in [0, 0.1) is 10.8 Å². The molecule has 38 heavy (non-hydrogen) atoms. The maximum atomic E-state index is 12.5. The van der Waals surface area contributed by atoms with E-state index in [2.05, 4.69) is 0 Å². The van der Waals surface area contributed by atoms with E-state index < -0.39 is 36.2 Å². The van der Waals surface area contributed by atoms with Crippen LogP contribution in [0.5, 0.6) is 11.5 Å². The van der Waals surface area contributed by atoms with E-state index in [1.54, 1.807) is 13.0 Å². The fraction of sp³-hybridized carbons (Fsp3) is 0.643. The van der Waals surface area contributed by atoms with E-state index in [1.807, 2.05) is 48.5 Å². The second-order valence-corrected chi connectivity index (χ2v) is 11.7. The Hall–Kier alpha value is -3.14.